The van der Waals surface area contributed by atoms with Gasteiger partial charge in [-0.25, -0.2) is 8.42 Å². The van der Waals surface area contributed by atoms with Gasteiger partial charge in [0.15, 0.2) is 0 Å². The highest BCUT2D eigenvalue weighted by Crippen LogP contribution is 2.27. The van der Waals surface area contributed by atoms with E-state index in [9.17, 15) is 13.2 Å². The molecule has 2 atom stereocenters. The summed E-state index contributed by atoms with van der Waals surface area (Å²) in [5, 5.41) is 3.12. The zero-order valence-corrected chi connectivity index (χ0v) is 19.7. The molecule has 0 saturated carbocycles. The van der Waals surface area contributed by atoms with Crippen LogP contribution in [-0.2, 0) is 27.7 Å². The van der Waals surface area contributed by atoms with Gasteiger partial charge in [-0.2, -0.15) is 4.31 Å². The molecule has 4 rings (SSSR count). The fourth-order valence-corrected chi connectivity index (χ4v) is 6.23. The lowest BCUT2D eigenvalue weighted by Gasteiger charge is -2.32. The van der Waals surface area contributed by atoms with E-state index >= 15 is 0 Å². The van der Waals surface area contributed by atoms with Crippen molar-refractivity contribution in [1.82, 2.24) is 9.62 Å². The summed E-state index contributed by atoms with van der Waals surface area (Å²) in [5.74, 6) is 0.178. The Labute approximate surface area is 191 Å². The van der Waals surface area contributed by atoms with Crippen molar-refractivity contribution in [2.75, 3.05) is 20.2 Å². The van der Waals surface area contributed by atoms with E-state index in [1.165, 1.54) is 28.3 Å². The first kappa shape index (κ1) is 22.8. The van der Waals surface area contributed by atoms with Crippen molar-refractivity contribution >= 4 is 15.9 Å². The van der Waals surface area contributed by atoms with Crippen molar-refractivity contribution in [2.24, 2.45) is 5.92 Å². The molecule has 1 fully saturated rings. The molecule has 6 nitrogen and oxygen atoms in total. The van der Waals surface area contributed by atoms with Crippen LogP contribution in [0.4, 0.5) is 0 Å². The van der Waals surface area contributed by atoms with Crippen LogP contribution < -0.4 is 10.1 Å². The molecule has 1 aliphatic carbocycles. The predicted octanol–water partition coefficient (Wildman–Crippen LogP) is 3.85. The predicted molar refractivity (Wildman–Crippen MR) is 124 cm³/mol. The van der Waals surface area contributed by atoms with Crippen molar-refractivity contribution in [2.45, 2.75) is 56.4 Å². The fraction of sp³-hybridized carbons (Fsp3) is 0.480. The number of methoxy groups -OCH3 is 1. The molecule has 1 N–H and O–H groups in total. The first-order valence-electron chi connectivity index (χ1n) is 11.4. The zero-order valence-electron chi connectivity index (χ0n) is 18.8. The lowest BCUT2D eigenvalue weighted by Crippen LogP contribution is -2.45. The Hall–Kier alpha value is -2.38. The summed E-state index contributed by atoms with van der Waals surface area (Å²) >= 11 is 0. The normalized spacial score (nSPS) is 20.2. The number of sulfonamides is 1. The minimum atomic E-state index is -3.65. The number of aryl methyl sites for hydroxylation is 2. The van der Waals surface area contributed by atoms with Gasteiger partial charge in [0.1, 0.15) is 5.75 Å². The van der Waals surface area contributed by atoms with Crippen LogP contribution in [0.5, 0.6) is 5.75 Å². The molecule has 1 saturated heterocycles. The van der Waals surface area contributed by atoms with Gasteiger partial charge in [0.2, 0.25) is 15.9 Å². The number of nitrogens with zero attached hydrogens (tertiary/aromatic N) is 1. The molecule has 0 spiro atoms. The van der Waals surface area contributed by atoms with Crippen LogP contribution in [0.25, 0.3) is 0 Å². The number of benzene rings is 2. The standard InChI is InChI=1S/C25H32N2O4S/c1-18(20-10-9-19-6-3-4-7-21(19)16-20)26-25(28)22-8-5-15-27(17-22)32(29,30)24-13-11-23(31-2)12-14-24/h9-14,16,18,22H,3-8,15,17H2,1-2H3,(H,26,28)/t18-,22-/m0/s1. The maximum atomic E-state index is 13.1. The van der Waals surface area contributed by atoms with Gasteiger partial charge in [0, 0.05) is 13.1 Å². The summed E-state index contributed by atoms with van der Waals surface area (Å²) in [5.41, 5.74) is 3.92. The lowest BCUT2D eigenvalue weighted by atomic mass is 9.89. The Kier molecular flexibility index (Phi) is 6.86. The topological polar surface area (TPSA) is 75.7 Å². The first-order valence-corrected chi connectivity index (χ1v) is 12.9. The van der Waals surface area contributed by atoms with E-state index in [1.54, 1.807) is 31.4 Å². The first-order chi connectivity index (χ1) is 15.4. The molecular weight excluding hydrogens is 424 g/mol. The molecule has 0 bridgehead atoms. The van der Waals surface area contributed by atoms with Crippen molar-refractivity contribution < 1.29 is 17.9 Å². The van der Waals surface area contributed by atoms with Crippen LogP contribution in [0.1, 0.15) is 55.3 Å². The quantitative estimate of drug-likeness (QED) is 0.716. The molecule has 172 valence electrons. The van der Waals surface area contributed by atoms with Crippen LogP contribution in [0, 0.1) is 5.92 Å². The highest BCUT2D eigenvalue weighted by atomic mass is 32.2. The maximum Gasteiger partial charge on any atom is 0.243 e. The van der Waals surface area contributed by atoms with E-state index in [2.05, 4.69) is 23.5 Å². The summed E-state index contributed by atoms with van der Waals surface area (Å²) in [6.07, 6.45) is 6.06. The van der Waals surface area contributed by atoms with Gasteiger partial charge in [0.05, 0.1) is 24.0 Å². The highest BCUT2D eigenvalue weighted by molar-refractivity contribution is 7.89. The van der Waals surface area contributed by atoms with Gasteiger partial charge in [-0.1, -0.05) is 18.2 Å². The number of rotatable bonds is 6. The highest BCUT2D eigenvalue weighted by Gasteiger charge is 2.33. The Bertz CT molecular complexity index is 1070. The summed E-state index contributed by atoms with van der Waals surface area (Å²) < 4.78 is 32.7. The number of hydrogen-bond donors (Lipinski definition) is 1. The summed E-state index contributed by atoms with van der Waals surface area (Å²) in [7, 11) is -2.10. The third-order valence-electron chi connectivity index (χ3n) is 6.68. The van der Waals surface area contributed by atoms with Gasteiger partial charge < -0.3 is 10.1 Å². The maximum absolute atomic E-state index is 13.1. The van der Waals surface area contributed by atoms with Crippen LogP contribution in [0.15, 0.2) is 47.4 Å². The summed E-state index contributed by atoms with van der Waals surface area (Å²) in [6, 6.07) is 12.8. The van der Waals surface area contributed by atoms with Gasteiger partial charge in [0.25, 0.3) is 0 Å². The second-order valence-electron chi connectivity index (χ2n) is 8.84. The number of hydrogen-bond acceptors (Lipinski definition) is 4. The SMILES string of the molecule is COc1ccc(S(=O)(=O)N2CCC[C@H](C(=O)N[C@@H](C)c3ccc4c(c3)CCCC4)C2)cc1. The molecule has 1 heterocycles. The second kappa shape index (κ2) is 9.63. The van der Waals surface area contributed by atoms with Gasteiger partial charge >= 0.3 is 0 Å². The average Bonchev–Trinajstić information content (AvgIpc) is 2.83. The molecule has 2 aliphatic rings. The molecule has 1 aliphatic heterocycles. The summed E-state index contributed by atoms with van der Waals surface area (Å²) in [4.78, 5) is 13.2. The molecule has 2 aromatic rings. The molecule has 32 heavy (non-hydrogen) atoms. The van der Waals surface area contributed by atoms with Crippen molar-refractivity contribution in [3.05, 3.63) is 59.2 Å². The Morgan fingerprint density at radius 1 is 1.06 bits per heavy atom. The van der Waals surface area contributed by atoms with Gasteiger partial charge in [-0.15, -0.1) is 0 Å². The molecule has 0 unspecified atom stereocenters. The van der Waals surface area contributed by atoms with E-state index in [0.29, 0.717) is 25.1 Å². The van der Waals surface area contributed by atoms with Crippen molar-refractivity contribution in [3.8, 4) is 5.75 Å². The molecule has 2 aromatic carbocycles. The summed E-state index contributed by atoms with van der Waals surface area (Å²) in [6.45, 7) is 2.63. The number of fused-ring (bicyclic) bond motifs is 1. The average molecular weight is 457 g/mol. The number of nitrogens with one attached hydrogen (secondary N) is 1. The Morgan fingerprint density at radius 2 is 1.78 bits per heavy atom. The van der Waals surface area contributed by atoms with Crippen LogP contribution in [0.2, 0.25) is 0 Å². The van der Waals surface area contributed by atoms with Gasteiger partial charge in [-0.3, -0.25) is 4.79 Å². The van der Waals surface area contributed by atoms with Crippen LogP contribution in [-0.4, -0.2) is 38.8 Å². The largest absolute Gasteiger partial charge is 0.497 e. The number of ether oxygens (including phenoxy) is 1. The molecule has 1 amide bonds. The Morgan fingerprint density at radius 3 is 2.50 bits per heavy atom. The van der Waals surface area contributed by atoms with E-state index in [0.717, 1.165) is 18.4 Å². The van der Waals surface area contributed by atoms with Crippen molar-refractivity contribution in [3.63, 3.8) is 0 Å². The molecular formula is C25H32N2O4S. The smallest absolute Gasteiger partial charge is 0.243 e. The van der Waals surface area contributed by atoms with E-state index in [4.69, 9.17) is 4.74 Å². The lowest BCUT2D eigenvalue weighted by molar-refractivity contribution is -0.126. The Balaban J connectivity index is 1.41. The third-order valence-corrected chi connectivity index (χ3v) is 8.56. The monoisotopic (exact) mass is 456 g/mol. The van der Waals surface area contributed by atoms with E-state index in [-0.39, 0.29) is 29.3 Å². The van der Waals surface area contributed by atoms with Crippen LogP contribution >= 0.6 is 0 Å². The zero-order chi connectivity index (χ0) is 22.7. The third kappa shape index (κ3) is 4.84. The molecule has 0 aromatic heterocycles. The fourth-order valence-electron chi connectivity index (χ4n) is 4.71. The van der Waals surface area contributed by atoms with Gasteiger partial charge in [-0.05, 0) is 86.4 Å². The molecule has 0 radical (unpaired) electrons. The van der Waals surface area contributed by atoms with E-state index < -0.39 is 10.0 Å². The second-order valence-corrected chi connectivity index (χ2v) is 10.8. The number of piperidine rings is 1. The minimum Gasteiger partial charge on any atom is -0.497 e. The number of amides is 1. The van der Waals surface area contributed by atoms with Crippen molar-refractivity contribution in [1.29, 1.82) is 0 Å². The van der Waals surface area contributed by atoms with E-state index in [1.807, 2.05) is 6.92 Å². The van der Waals surface area contributed by atoms with Crippen LogP contribution in [0.3, 0.4) is 0 Å². The minimum absolute atomic E-state index is 0.0788. The number of carbonyl (C=O) groups is 1. The molecule has 7 heteroatoms. The number of carbonyl (C=O) groups excluding carboxylic acids is 1.